The van der Waals surface area contributed by atoms with Gasteiger partial charge in [0.2, 0.25) is 5.65 Å². The van der Waals surface area contributed by atoms with Crippen LogP contribution in [-0.4, -0.2) is 62.7 Å². The highest BCUT2D eigenvalue weighted by atomic mass is 127. The molecule has 8 heteroatoms. The van der Waals surface area contributed by atoms with Crippen LogP contribution in [0, 0.1) is 3.57 Å². The van der Waals surface area contributed by atoms with E-state index < -0.39 is 0 Å². The van der Waals surface area contributed by atoms with Gasteiger partial charge in [0.15, 0.2) is 11.5 Å². The predicted molar refractivity (Wildman–Crippen MR) is 88.5 cm³/mol. The molecule has 7 nitrogen and oxygen atoms in total. The van der Waals surface area contributed by atoms with Gasteiger partial charge in [-0.15, -0.1) is 10.2 Å². The zero-order valence-corrected chi connectivity index (χ0v) is 13.7. The fraction of sp³-hybridized carbons (Fsp3) is 0.385. The van der Waals surface area contributed by atoms with Crippen LogP contribution in [0.2, 0.25) is 0 Å². The number of fused-ring (bicyclic) bond motifs is 3. The van der Waals surface area contributed by atoms with Gasteiger partial charge in [-0.3, -0.25) is 4.40 Å². The van der Waals surface area contributed by atoms with Gasteiger partial charge in [-0.1, -0.05) is 0 Å². The maximum atomic E-state index is 4.74. The predicted octanol–water partition coefficient (Wildman–Crippen LogP) is 1.03. The summed E-state index contributed by atoms with van der Waals surface area (Å²) in [6.45, 7) is 3.95. The minimum atomic E-state index is 0.733. The van der Waals surface area contributed by atoms with Crippen LogP contribution in [0.25, 0.3) is 16.8 Å². The maximum absolute atomic E-state index is 4.74. The summed E-state index contributed by atoms with van der Waals surface area (Å²) < 4.78 is 3.05. The fourth-order valence-corrected chi connectivity index (χ4v) is 3.06. The van der Waals surface area contributed by atoms with Crippen LogP contribution in [0.5, 0.6) is 0 Å². The zero-order chi connectivity index (χ0) is 14.4. The van der Waals surface area contributed by atoms with E-state index in [1.165, 1.54) is 0 Å². The van der Waals surface area contributed by atoms with Crippen molar-refractivity contribution in [3.05, 3.63) is 22.2 Å². The van der Waals surface area contributed by atoms with Gasteiger partial charge in [0, 0.05) is 35.9 Å². The van der Waals surface area contributed by atoms with E-state index in [-0.39, 0.29) is 0 Å². The summed E-state index contributed by atoms with van der Waals surface area (Å²) in [5.41, 5.74) is 2.48. The van der Waals surface area contributed by atoms with Gasteiger partial charge in [-0.05, 0) is 35.7 Å². The van der Waals surface area contributed by atoms with Crippen LogP contribution < -0.4 is 4.90 Å². The molecule has 3 aromatic rings. The molecule has 0 saturated carbocycles. The number of likely N-dealkylation sites (N-methyl/N-ethyl adjacent to an activating group) is 1. The Hall–Kier alpha value is -1.55. The third kappa shape index (κ3) is 2.22. The van der Waals surface area contributed by atoms with Crippen LogP contribution in [-0.2, 0) is 0 Å². The molecule has 1 aliphatic rings. The smallest absolute Gasteiger partial charge is 0.204 e. The third-order valence-electron chi connectivity index (χ3n) is 3.84. The van der Waals surface area contributed by atoms with Crippen LogP contribution >= 0.6 is 22.6 Å². The van der Waals surface area contributed by atoms with Gasteiger partial charge in [-0.25, -0.2) is 9.97 Å². The Morgan fingerprint density at radius 1 is 1.19 bits per heavy atom. The summed E-state index contributed by atoms with van der Waals surface area (Å²) in [5, 5.41) is 8.31. The van der Waals surface area contributed by atoms with Crippen LogP contribution in [0.15, 0.2) is 18.6 Å². The van der Waals surface area contributed by atoms with E-state index in [2.05, 4.69) is 60.7 Å². The third-order valence-corrected chi connectivity index (χ3v) is 4.43. The van der Waals surface area contributed by atoms with E-state index >= 15 is 0 Å². The van der Waals surface area contributed by atoms with Crippen molar-refractivity contribution in [3.63, 3.8) is 0 Å². The minimum absolute atomic E-state index is 0.733. The monoisotopic (exact) mass is 395 g/mol. The van der Waals surface area contributed by atoms with Gasteiger partial charge in [0.1, 0.15) is 6.33 Å². The first kappa shape index (κ1) is 13.1. The molecular weight excluding hydrogens is 381 g/mol. The lowest BCUT2D eigenvalue weighted by molar-refractivity contribution is 0.312. The Labute approximate surface area is 135 Å². The molecule has 1 aliphatic heterocycles. The molecule has 4 heterocycles. The average molecular weight is 395 g/mol. The first-order valence-electron chi connectivity index (χ1n) is 6.81. The highest BCUT2D eigenvalue weighted by molar-refractivity contribution is 14.1. The Morgan fingerprint density at radius 2 is 2.00 bits per heavy atom. The number of anilines is 1. The van der Waals surface area contributed by atoms with Crippen LogP contribution in [0.3, 0.4) is 0 Å². The average Bonchev–Trinajstić information content (AvgIpc) is 2.97. The summed E-state index contributed by atoms with van der Waals surface area (Å²) in [6.07, 6.45) is 3.57. The molecule has 3 aromatic heterocycles. The van der Waals surface area contributed by atoms with E-state index in [9.17, 15) is 0 Å². The van der Waals surface area contributed by atoms with Crippen molar-refractivity contribution in [2.24, 2.45) is 0 Å². The number of hydrogen-bond donors (Lipinski definition) is 0. The lowest BCUT2D eigenvalue weighted by atomic mass is 10.3. The lowest BCUT2D eigenvalue weighted by Gasteiger charge is -2.33. The van der Waals surface area contributed by atoms with Crippen molar-refractivity contribution in [2.45, 2.75) is 0 Å². The zero-order valence-electron chi connectivity index (χ0n) is 11.6. The van der Waals surface area contributed by atoms with E-state index in [1.807, 2.05) is 10.6 Å². The number of hydrogen-bond acceptors (Lipinski definition) is 6. The van der Waals surface area contributed by atoms with E-state index in [0.29, 0.717) is 0 Å². The number of piperazine rings is 1. The molecule has 0 radical (unpaired) electrons. The Morgan fingerprint density at radius 3 is 2.81 bits per heavy atom. The molecule has 0 atom stereocenters. The van der Waals surface area contributed by atoms with E-state index in [4.69, 9.17) is 4.98 Å². The fourth-order valence-electron chi connectivity index (χ4n) is 2.63. The standard InChI is InChI=1S/C13H14IN7/c1-19-2-4-20(5-3-19)12-13-18-16-8-21(13)10-6-9(14)7-15-11(10)17-12/h6-8H,2-5H2,1H3. The second kappa shape index (κ2) is 5.02. The number of halogens is 1. The Bertz CT molecular complexity index is 807. The van der Waals surface area contributed by atoms with Gasteiger partial charge < -0.3 is 9.80 Å². The van der Waals surface area contributed by atoms with Crippen LogP contribution in [0.1, 0.15) is 0 Å². The quantitative estimate of drug-likeness (QED) is 0.574. The molecule has 0 N–H and O–H groups in total. The number of rotatable bonds is 1. The number of nitrogens with zero attached hydrogens (tertiary/aromatic N) is 7. The first-order valence-corrected chi connectivity index (χ1v) is 7.89. The van der Waals surface area contributed by atoms with Gasteiger partial charge in [0.05, 0.1) is 5.52 Å². The molecule has 0 spiro atoms. The molecule has 4 rings (SSSR count). The van der Waals surface area contributed by atoms with Crippen molar-refractivity contribution in [1.29, 1.82) is 0 Å². The largest absolute Gasteiger partial charge is 0.351 e. The molecule has 0 amide bonds. The molecule has 0 bridgehead atoms. The summed E-state index contributed by atoms with van der Waals surface area (Å²) in [7, 11) is 2.14. The Kier molecular flexibility index (Phi) is 3.14. The number of pyridine rings is 1. The van der Waals surface area contributed by atoms with Crippen molar-refractivity contribution < 1.29 is 0 Å². The van der Waals surface area contributed by atoms with Crippen molar-refractivity contribution in [3.8, 4) is 0 Å². The number of aromatic nitrogens is 5. The molecule has 0 unspecified atom stereocenters. The molecular formula is C13H14IN7. The topological polar surface area (TPSA) is 62.5 Å². The molecule has 108 valence electrons. The van der Waals surface area contributed by atoms with E-state index in [1.54, 1.807) is 6.33 Å². The van der Waals surface area contributed by atoms with Gasteiger partial charge in [0.25, 0.3) is 0 Å². The maximum Gasteiger partial charge on any atom is 0.204 e. The lowest BCUT2D eigenvalue weighted by Crippen LogP contribution is -2.45. The van der Waals surface area contributed by atoms with Crippen molar-refractivity contribution in [1.82, 2.24) is 29.5 Å². The minimum Gasteiger partial charge on any atom is -0.351 e. The highest BCUT2D eigenvalue weighted by Crippen LogP contribution is 2.23. The molecule has 21 heavy (non-hydrogen) atoms. The normalized spacial score (nSPS) is 17.0. The molecule has 0 aliphatic carbocycles. The SMILES string of the molecule is CN1CCN(c2nc3ncc(I)cc3n3cnnc23)CC1. The second-order valence-electron chi connectivity index (χ2n) is 5.25. The Balaban J connectivity index is 1.91. The van der Waals surface area contributed by atoms with Crippen LogP contribution in [0.4, 0.5) is 5.82 Å². The van der Waals surface area contributed by atoms with Gasteiger partial charge >= 0.3 is 0 Å². The molecule has 0 aromatic carbocycles. The first-order chi connectivity index (χ1) is 10.2. The summed E-state index contributed by atoms with van der Waals surface area (Å²) >= 11 is 2.25. The van der Waals surface area contributed by atoms with Crippen molar-refractivity contribution >= 4 is 45.2 Å². The second-order valence-corrected chi connectivity index (χ2v) is 6.49. The summed E-state index contributed by atoms with van der Waals surface area (Å²) in [4.78, 5) is 13.8. The summed E-state index contributed by atoms with van der Waals surface area (Å²) in [5.74, 6) is 0.877. The molecule has 1 saturated heterocycles. The van der Waals surface area contributed by atoms with Crippen molar-refractivity contribution in [2.75, 3.05) is 38.1 Å². The molecule has 1 fully saturated rings. The van der Waals surface area contributed by atoms with E-state index in [0.717, 1.165) is 52.4 Å². The van der Waals surface area contributed by atoms with Gasteiger partial charge in [-0.2, -0.15) is 0 Å². The summed E-state index contributed by atoms with van der Waals surface area (Å²) in [6, 6.07) is 2.06. The highest BCUT2D eigenvalue weighted by Gasteiger charge is 2.20.